The Morgan fingerprint density at radius 2 is 1.97 bits per heavy atom. The molecule has 0 aliphatic rings. The summed E-state index contributed by atoms with van der Waals surface area (Å²) < 4.78 is 5.37. The van der Waals surface area contributed by atoms with Crippen molar-refractivity contribution in [3.8, 4) is 17.3 Å². The second kappa shape index (κ2) is 8.15. The molecule has 1 N–H and O–H groups in total. The van der Waals surface area contributed by atoms with Crippen molar-refractivity contribution in [2.75, 3.05) is 5.32 Å². The van der Waals surface area contributed by atoms with Crippen LogP contribution in [0.3, 0.4) is 0 Å². The topological polar surface area (TPSA) is 96.0 Å². The number of nitrogens with one attached hydrogen (secondary N) is 1. The van der Waals surface area contributed by atoms with Crippen LogP contribution in [0.4, 0.5) is 5.69 Å². The zero-order valence-electron chi connectivity index (χ0n) is 15.9. The van der Waals surface area contributed by atoms with Gasteiger partial charge < -0.3 is 9.73 Å². The number of nitriles is 1. The molecule has 0 aliphatic carbocycles. The number of benzene rings is 2. The highest BCUT2D eigenvalue weighted by Crippen LogP contribution is 2.26. The van der Waals surface area contributed by atoms with Gasteiger partial charge in [-0.1, -0.05) is 18.2 Å². The number of thiazole rings is 1. The van der Waals surface area contributed by atoms with Crippen LogP contribution < -0.4 is 10.9 Å². The Morgan fingerprint density at radius 1 is 1.20 bits per heavy atom. The number of carbonyl (C=O) groups is 1. The van der Waals surface area contributed by atoms with Crippen LogP contribution in [0.1, 0.15) is 22.3 Å². The lowest BCUT2D eigenvalue weighted by Gasteiger charge is -2.02. The van der Waals surface area contributed by atoms with Gasteiger partial charge in [-0.15, -0.1) is 11.3 Å². The minimum absolute atomic E-state index is 0.0108. The molecule has 0 radical (unpaired) electrons. The molecular formula is C23H15N3O3S. The summed E-state index contributed by atoms with van der Waals surface area (Å²) in [4.78, 5) is 28.2. The second-order valence-electron chi connectivity index (χ2n) is 6.47. The Hall–Kier alpha value is -4.02. The molecule has 146 valence electrons. The average molecular weight is 413 g/mol. The molecule has 7 heteroatoms. The van der Waals surface area contributed by atoms with E-state index in [0.29, 0.717) is 33.0 Å². The molecule has 6 nitrogen and oxygen atoms in total. The third kappa shape index (κ3) is 3.90. The highest BCUT2D eigenvalue weighted by Gasteiger charge is 2.13. The number of anilines is 1. The minimum Gasteiger partial charge on any atom is -0.422 e. The van der Waals surface area contributed by atoms with Crippen LogP contribution in [-0.2, 0) is 0 Å². The maximum Gasteiger partial charge on any atom is 0.345 e. The van der Waals surface area contributed by atoms with E-state index in [9.17, 15) is 14.9 Å². The van der Waals surface area contributed by atoms with E-state index in [0.717, 1.165) is 11.1 Å². The average Bonchev–Trinajstić information content (AvgIpc) is 3.24. The number of para-hydroxylation sites is 1. The molecule has 2 heterocycles. The lowest BCUT2D eigenvalue weighted by molar-refractivity contribution is 0.101. The zero-order chi connectivity index (χ0) is 21.1. The molecule has 0 saturated carbocycles. The van der Waals surface area contributed by atoms with Gasteiger partial charge in [0.2, 0.25) is 0 Å². The van der Waals surface area contributed by atoms with Crippen LogP contribution in [0.25, 0.3) is 27.8 Å². The third-order valence-electron chi connectivity index (χ3n) is 4.45. The van der Waals surface area contributed by atoms with Crippen LogP contribution in [0, 0.1) is 11.3 Å². The highest BCUT2D eigenvalue weighted by atomic mass is 32.1. The number of carbonyl (C=O) groups excluding carboxylic acids is 1. The molecule has 2 aromatic carbocycles. The van der Waals surface area contributed by atoms with Gasteiger partial charge in [0.1, 0.15) is 22.2 Å². The van der Waals surface area contributed by atoms with Gasteiger partial charge in [-0.25, -0.2) is 9.78 Å². The van der Waals surface area contributed by atoms with E-state index in [-0.39, 0.29) is 5.78 Å². The van der Waals surface area contributed by atoms with Crippen LogP contribution >= 0.6 is 11.3 Å². The van der Waals surface area contributed by atoms with E-state index in [1.165, 1.54) is 18.3 Å². The van der Waals surface area contributed by atoms with Crippen molar-refractivity contribution in [2.45, 2.75) is 6.92 Å². The molecule has 0 fully saturated rings. The largest absolute Gasteiger partial charge is 0.422 e. The van der Waals surface area contributed by atoms with Gasteiger partial charge in [-0.3, -0.25) is 4.79 Å². The normalized spacial score (nSPS) is 11.3. The van der Waals surface area contributed by atoms with E-state index in [2.05, 4.69) is 16.4 Å². The monoisotopic (exact) mass is 413 g/mol. The lowest BCUT2D eigenvalue weighted by Crippen LogP contribution is -2.02. The Labute approximate surface area is 175 Å². The van der Waals surface area contributed by atoms with E-state index in [1.54, 1.807) is 54.0 Å². The molecule has 0 spiro atoms. The maximum absolute atomic E-state index is 12.4. The van der Waals surface area contributed by atoms with Crippen LogP contribution in [0.2, 0.25) is 0 Å². The highest BCUT2D eigenvalue weighted by molar-refractivity contribution is 7.11. The first-order valence-corrected chi connectivity index (χ1v) is 9.90. The molecule has 4 rings (SSSR count). The first-order chi connectivity index (χ1) is 14.5. The number of aromatic nitrogens is 1. The van der Waals surface area contributed by atoms with Gasteiger partial charge in [0.15, 0.2) is 5.78 Å². The Bertz CT molecular complexity index is 1380. The van der Waals surface area contributed by atoms with Crippen molar-refractivity contribution in [1.29, 1.82) is 5.26 Å². The van der Waals surface area contributed by atoms with Crippen molar-refractivity contribution in [3.05, 3.63) is 87.2 Å². The summed E-state index contributed by atoms with van der Waals surface area (Å²) >= 11 is 1.27. The summed E-state index contributed by atoms with van der Waals surface area (Å²) in [5.74, 6) is -0.0108. The van der Waals surface area contributed by atoms with Gasteiger partial charge in [-0.2, -0.15) is 5.26 Å². The third-order valence-corrected chi connectivity index (χ3v) is 5.32. The van der Waals surface area contributed by atoms with Gasteiger partial charge in [0, 0.05) is 28.2 Å². The maximum atomic E-state index is 12.4. The zero-order valence-corrected chi connectivity index (χ0v) is 16.7. The summed E-state index contributed by atoms with van der Waals surface area (Å²) in [7, 11) is 0. The molecule has 30 heavy (non-hydrogen) atoms. The molecule has 0 unspecified atom stereocenters. The van der Waals surface area contributed by atoms with Crippen molar-refractivity contribution < 1.29 is 9.21 Å². The Morgan fingerprint density at radius 3 is 2.70 bits per heavy atom. The fourth-order valence-corrected chi connectivity index (χ4v) is 3.65. The number of Topliss-reactive ketones (excluding diaryl/α,β-unsaturated/α-hetero) is 1. The van der Waals surface area contributed by atoms with E-state index in [1.807, 2.05) is 12.1 Å². The smallest absolute Gasteiger partial charge is 0.345 e. The Kier molecular flexibility index (Phi) is 5.24. The van der Waals surface area contributed by atoms with E-state index >= 15 is 0 Å². The number of hydrogen-bond acceptors (Lipinski definition) is 7. The molecule has 2 aromatic heterocycles. The van der Waals surface area contributed by atoms with Gasteiger partial charge in [-0.05, 0) is 43.3 Å². The number of allylic oxidation sites excluding steroid dienone is 1. The number of rotatable bonds is 5. The predicted octanol–water partition coefficient (Wildman–Crippen LogP) is 5.10. The summed E-state index contributed by atoms with van der Waals surface area (Å²) in [5, 5.41) is 15.6. The van der Waals surface area contributed by atoms with Crippen molar-refractivity contribution >= 4 is 39.3 Å². The molecule has 0 atom stereocenters. The Balaban J connectivity index is 1.61. The first kappa shape index (κ1) is 19.3. The molecular weight excluding hydrogens is 398 g/mol. The van der Waals surface area contributed by atoms with E-state index < -0.39 is 5.63 Å². The standard InChI is InChI=1S/C23H15N3O3S/c1-14(27)15-6-8-18(9-7-15)25-12-17(11-24)22-26-20(13-30-22)19-10-16-4-2-3-5-21(16)29-23(19)28/h2-10,12-13,25H,1H3. The first-order valence-electron chi connectivity index (χ1n) is 9.02. The fraction of sp³-hybridized carbons (Fsp3) is 0.0435. The van der Waals surface area contributed by atoms with Crippen LogP contribution in [0.15, 0.2) is 75.4 Å². The van der Waals surface area contributed by atoms with Crippen molar-refractivity contribution in [1.82, 2.24) is 4.98 Å². The van der Waals surface area contributed by atoms with Gasteiger partial charge in [0.05, 0.1) is 11.3 Å². The second-order valence-corrected chi connectivity index (χ2v) is 7.33. The van der Waals surface area contributed by atoms with Gasteiger partial charge in [0.25, 0.3) is 0 Å². The van der Waals surface area contributed by atoms with Crippen LogP contribution in [0.5, 0.6) is 0 Å². The van der Waals surface area contributed by atoms with Crippen molar-refractivity contribution in [2.24, 2.45) is 0 Å². The summed E-state index contributed by atoms with van der Waals surface area (Å²) in [5.41, 5.74) is 2.52. The lowest BCUT2D eigenvalue weighted by atomic mass is 10.1. The quantitative estimate of drug-likeness (QED) is 0.278. The fourth-order valence-electron chi connectivity index (χ4n) is 2.86. The summed E-state index contributed by atoms with van der Waals surface area (Å²) in [6, 6.07) is 18.1. The molecule has 0 aliphatic heterocycles. The molecule has 0 amide bonds. The minimum atomic E-state index is -0.475. The SMILES string of the molecule is CC(=O)c1ccc(NC=C(C#N)c2nc(-c3cc4ccccc4oc3=O)cs2)cc1. The number of hydrogen-bond donors (Lipinski definition) is 1. The van der Waals surface area contributed by atoms with E-state index in [4.69, 9.17) is 4.42 Å². The van der Waals surface area contributed by atoms with Crippen molar-refractivity contribution in [3.63, 3.8) is 0 Å². The van der Waals surface area contributed by atoms with Crippen LogP contribution in [-0.4, -0.2) is 10.8 Å². The molecule has 0 bridgehead atoms. The molecule has 0 saturated heterocycles. The number of ketones is 1. The van der Waals surface area contributed by atoms with Gasteiger partial charge >= 0.3 is 5.63 Å². The summed E-state index contributed by atoms with van der Waals surface area (Å²) in [6.07, 6.45) is 1.55. The number of fused-ring (bicyclic) bond motifs is 1. The molecule has 4 aromatic rings. The predicted molar refractivity (Wildman–Crippen MR) is 117 cm³/mol. The number of nitrogens with zero attached hydrogens (tertiary/aromatic N) is 2. The summed E-state index contributed by atoms with van der Waals surface area (Å²) in [6.45, 7) is 1.51.